The zero-order valence-corrected chi connectivity index (χ0v) is 14.1. The quantitative estimate of drug-likeness (QED) is 0.566. The molecule has 0 spiro atoms. The van der Waals surface area contributed by atoms with Crippen molar-refractivity contribution in [3.05, 3.63) is 23.8 Å². The minimum absolute atomic E-state index is 0. The van der Waals surface area contributed by atoms with Crippen molar-refractivity contribution in [1.82, 2.24) is 0 Å². The maximum Gasteiger partial charge on any atom is 1.00 e. The van der Waals surface area contributed by atoms with Crippen molar-refractivity contribution in [1.29, 1.82) is 0 Å². The third-order valence-corrected chi connectivity index (χ3v) is 4.77. The van der Waals surface area contributed by atoms with E-state index in [2.05, 4.69) is 0 Å². The van der Waals surface area contributed by atoms with E-state index in [1.807, 2.05) is 32.0 Å². The first-order valence-corrected chi connectivity index (χ1v) is 8.36. The minimum atomic E-state index is 0. The van der Waals surface area contributed by atoms with Crippen LogP contribution in [0, 0.1) is 0 Å². The smallest absolute Gasteiger partial charge is 0.493 e. The molecule has 1 fully saturated rings. The van der Waals surface area contributed by atoms with Crippen molar-refractivity contribution in [2.75, 3.05) is 13.2 Å². The molecular formula is C16H22LiO3P. The van der Waals surface area contributed by atoms with Gasteiger partial charge in [-0.3, -0.25) is 0 Å². The van der Waals surface area contributed by atoms with Crippen molar-refractivity contribution < 1.29 is 33.1 Å². The van der Waals surface area contributed by atoms with E-state index in [4.69, 9.17) is 9.47 Å². The number of hydrogen-bond donors (Lipinski definition) is 0. The number of hydrogen-bond acceptors (Lipinski definition) is 3. The summed E-state index contributed by atoms with van der Waals surface area (Å²) in [5, 5.41) is 0. The Morgan fingerprint density at radius 1 is 1.14 bits per heavy atom. The van der Waals surface area contributed by atoms with Gasteiger partial charge in [-0.05, 0) is 26.0 Å². The van der Waals surface area contributed by atoms with Crippen molar-refractivity contribution in [3.8, 4) is 11.5 Å². The van der Waals surface area contributed by atoms with Crippen LogP contribution in [0.1, 0.15) is 49.9 Å². The van der Waals surface area contributed by atoms with Gasteiger partial charge in [0.15, 0.2) is 0 Å². The van der Waals surface area contributed by atoms with Gasteiger partial charge < -0.3 is 22.8 Å². The molecule has 0 aromatic heterocycles. The summed E-state index contributed by atoms with van der Waals surface area (Å²) >= 11 is 0. The maximum atomic E-state index is 12.6. The Balaban J connectivity index is 0.00000220. The maximum absolute atomic E-state index is 12.6. The average Bonchev–Trinajstić information content (AvgIpc) is 2.92. The normalized spacial score (nSPS) is 15.1. The van der Waals surface area contributed by atoms with Crippen LogP contribution in [0.2, 0.25) is 0 Å². The van der Waals surface area contributed by atoms with Gasteiger partial charge in [0.05, 0.1) is 18.8 Å². The van der Waals surface area contributed by atoms with Crippen LogP contribution in [0.25, 0.3) is 0 Å². The molecule has 0 atom stereocenters. The molecule has 0 bridgehead atoms. The van der Waals surface area contributed by atoms with Gasteiger partial charge in [-0.2, -0.15) is 5.66 Å². The molecule has 1 aromatic rings. The van der Waals surface area contributed by atoms with E-state index in [-0.39, 0.29) is 24.4 Å². The summed E-state index contributed by atoms with van der Waals surface area (Å²) in [6, 6.07) is 5.58. The molecule has 0 saturated heterocycles. The predicted molar refractivity (Wildman–Crippen MR) is 82.3 cm³/mol. The molecule has 0 heterocycles. The second-order valence-corrected chi connectivity index (χ2v) is 6.26. The summed E-state index contributed by atoms with van der Waals surface area (Å²) in [6.07, 6.45) is 4.81. The predicted octanol–water partition coefficient (Wildman–Crippen LogP) is 1.52. The first-order chi connectivity index (χ1) is 9.76. The van der Waals surface area contributed by atoms with Crippen molar-refractivity contribution >= 4 is 14.1 Å². The number of carbonyl (C=O) groups excluding carboxylic acids is 1. The summed E-state index contributed by atoms with van der Waals surface area (Å²) in [6.45, 7) is 4.96. The largest absolute Gasteiger partial charge is 1.00 e. The van der Waals surface area contributed by atoms with Gasteiger partial charge in [0.2, 0.25) is 0 Å². The SMILES string of the molecule is CCOc1cccc(OCC)c1C(=O)[P-]C1CCCC1.[Li+]. The van der Waals surface area contributed by atoms with Gasteiger partial charge in [0, 0.05) is 5.52 Å². The second-order valence-electron chi connectivity index (χ2n) is 4.87. The molecule has 0 N–H and O–H groups in total. The molecule has 0 unspecified atom stereocenters. The Morgan fingerprint density at radius 2 is 1.67 bits per heavy atom. The molecule has 0 radical (unpaired) electrons. The van der Waals surface area contributed by atoms with Gasteiger partial charge in [-0.15, -0.1) is 0 Å². The van der Waals surface area contributed by atoms with Crippen molar-refractivity contribution in [3.63, 3.8) is 0 Å². The molecule has 0 amide bonds. The van der Waals surface area contributed by atoms with Crippen LogP contribution in [0.3, 0.4) is 0 Å². The van der Waals surface area contributed by atoms with E-state index < -0.39 is 0 Å². The molecular weight excluding hydrogens is 278 g/mol. The summed E-state index contributed by atoms with van der Waals surface area (Å²) in [4.78, 5) is 12.6. The third kappa shape index (κ3) is 5.03. The number of rotatable bonds is 7. The summed E-state index contributed by atoms with van der Waals surface area (Å²) in [7, 11) is 0.891. The zero-order chi connectivity index (χ0) is 14.4. The van der Waals surface area contributed by atoms with E-state index in [0.717, 1.165) is 21.4 Å². The molecule has 0 aliphatic heterocycles. The monoisotopic (exact) mass is 300 g/mol. The first-order valence-electron chi connectivity index (χ1n) is 7.40. The van der Waals surface area contributed by atoms with Crippen LogP contribution < -0.4 is 28.3 Å². The fourth-order valence-electron chi connectivity index (χ4n) is 2.54. The van der Waals surface area contributed by atoms with Crippen LogP contribution in [0.4, 0.5) is 0 Å². The molecule has 3 nitrogen and oxygen atoms in total. The fraction of sp³-hybridized carbons (Fsp3) is 0.562. The number of ether oxygens (including phenoxy) is 2. The second kappa shape index (κ2) is 9.52. The van der Waals surface area contributed by atoms with Crippen LogP contribution in [0.5, 0.6) is 11.5 Å². The topological polar surface area (TPSA) is 35.5 Å². The van der Waals surface area contributed by atoms with Gasteiger partial charge in [0.25, 0.3) is 0 Å². The molecule has 21 heavy (non-hydrogen) atoms. The summed E-state index contributed by atoms with van der Waals surface area (Å²) in [5.41, 5.74) is 1.25. The number of benzene rings is 1. The van der Waals surface area contributed by atoms with Gasteiger partial charge >= 0.3 is 18.9 Å². The summed E-state index contributed by atoms with van der Waals surface area (Å²) in [5.74, 6) is 1.29. The van der Waals surface area contributed by atoms with E-state index in [9.17, 15) is 4.79 Å². The molecule has 110 valence electrons. The molecule has 5 heteroatoms. The Bertz CT molecular complexity index is 435. The Morgan fingerprint density at radius 3 is 2.14 bits per heavy atom. The van der Waals surface area contributed by atoms with Crippen molar-refractivity contribution in [2.45, 2.75) is 45.2 Å². The molecule has 1 aliphatic rings. The van der Waals surface area contributed by atoms with E-state index in [1.165, 1.54) is 12.8 Å². The fourth-order valence-corrected chi connectivity index (χ4v) is 3.84. The molecule has 2 rings (SSSR count). The molecule has 1 aliphatic carbocycles. The van der Waals surface area contributed by atoms with Gasteiger partial charge in [0.1, 0.15) is 11.5 Å². The average molecular weight is 300 g/mol. The third-order valence-electron chi connectivity index (χ3n) is 3.43. The molecule has 1 aromatic carbocycles. The molecule has 1 saturated carbocycles. The van der Waals surface area contributed by atoms with Crippen LogP contribution >= 0.6 is 8.58 Å². The Labute approximate surface area is 141 Å². The Hall–Kier alpha value is -0.483. The van der Waals surface area contributed by atoms with E-state index in [0.29, 0.717) is 35.9 Å². The van der Waals surface area contributed by atoms with E-state index in [1.54, 1.807) is 0 Å². The van der Waals surface area contributed by atoms with Gasteiger partial charge in [-0.1, -0.05) is 31.7 Å². The first kappa shape index (κ1) is 18.6. The zero-order valence-electron chi connectivity index (χ0n) is 13.2. The number of carbonyl (C=O) groups is 1. The standard InChI is InChI=1S/C16H22O3P.Li/c1-3-18-13-10-7-11-14(19-4-2)15(13)16(17)20-12-8-5-6-9-12;/h7,10-12H,3-6,8-9H2,1-2H3;/q-1;+1. The minimum Gasteiger partial charge on any atom is -0.493 e. The van der Waals surface area contributed by atoms with Crippen LogP contribution in [-0.4, -0.2) is 24.4 Å². The summed E-state index contributed by atoms with van der Waals surface area (Å²) < 4.78 is 11.2. The van der Waals surface area contributed by atoms with Gasteiger partial charge in [-0.25, -0.2) is 0 Å². The van der Waals surface area contributed by atoms with Crippen LogP contribution in [-0.2, 0) is 0 Å². The van der Waals surface area contributed by atoms with E-state index >= 15 is 0 Å². The van der Waals surface area contributed by atoms with Crippen molar-refractivity contribution in [2.24, 2.45) is 0 Å². The van der Waals surface area contributed by atoms with Crippen LogP contribution in [0.15, 0.2) is 18.2 Å². The Kier molecular flexibility index (Phi) is 8.41.